The molecule has 5 rings (SSSR count). The van der Waals surface area contributed by atoms with E-state index < -0.39 is 0 Å². The summed E-state index contributed by atoms with van der Waals surface area (Å²) in [6, 6.07) is 37.2. The molecule has 0 aliphatic rings. The molecule has 1 aromatic heterocycles. The molecule has 4 aromatic carbocycles. The molecule has 0 spiro atoms. The normalized spacial score (nSPS) is 10.4. The molecule has 0 amide bonds. The standard InChI is InChI=1S/C26H17N3.Pt/c1-2-10-22(11-3-1)29-23-12-6-8-20(16-23)18-27-25-14-4-5-15-26(25)28-19-21-9-7-13-24(29)17-21;/h1-15,18-19H;/q-2;+2. The number of rotatable bonds is 1. The van der Waals surface area contributed by atoms with Crippen LogP contribution in [0, 0.1) is 12.1 Å². The first kappa shape index (κ1) is 20.0. The number of fused-ring (bicyclic) bond motifs is 5. The Labute approximate surface area is 189 Å². The van der Waals surface area contributed by atoms with E-state index in [0.29, 0.717) is 0 Å². The fourth-order valence-corrected chi connectivity index (χ4v) is 3.31. The van der Waals surface area contributed by atoms with Crippen molar-refractivity contribution in [3.8, 4) is 5.69 Å². The van der Waals surface area contributed by atoms with Crippen LogP contribution in [0.1, 0.15) is 0 Å². The maximum Gasteiger partial charge on any atom is 2.00 e. The van der Waals surface area contributed by atoms with Crippen molar-refractivity contribution in [3.63, 3.8) is 0 Å². The van der Waals surface area contributed by atoms with Crippen LogP contribution in [0.5, 0.6) is 0 Å². The Morgan fingerprint density at radius 3 is 1.57 bits per heavy atom. The van der Waals surface area contributed by atoms with E-state index in [1.807, 2.05) is 91.3 Å². The Morgan fingerprint density at radius 2 is 1.03 bits per heavy atom. The Kier molecular flexibility index (Phi) is 6.01. The average molecular weight is 567 g/mol. The minimum Gasteiger partial charge on any atom is -0.346 e. The van der Waals surface area contributed by atoms with Gasteiger partial charge in [-0.15, -0.1) is 59.3 Å². The van der Waals surface area contributed by atoms with E-state index in [1.54, 1.807) is 0 Å². The molecule has 0 N–H and O–H groups in total. The third-order valence-corrected chi connectivity index (χ3v) is 4.67. The molecule has 5 aromatic rings. The predicted molar refractivity (Wildman–Crippen MR) is 118 cm³/mol. The molecular weight excluding hydrogens is 549 g/mol. The van der Waals surface area contributed by atoms with Crippen LogP contribution in [0.25, 0.3) is 38.5 Å². The SMILES string of the molecule is [Pt+2].[c-]1c2cccc1n(-c1ccccc1)c1[c-]c(ccc1)cnc1ccccc1nc2. The fraction of sp³-hybridized carbons (Fsp3) is 0. The van der Waals surface area contributed by atoms with Gasteiger partial charge in [0.2, 0.25) is 0 Å². The molecule has 0 fully saturated rings. The second kappa shape index (κ2) is 9.02. The summed E-state index contributed by atoms with van der Waals surface area (Å²) in [4.78, 5) is 9.32. The van der Waals surface area contributed by atoms with Gasteiger partial charge in [0, 0.05) is 5.69 Å². The Balaban J connectivity index is 0.00000218. The number of para-hydroxylation sites is 3. The van der Waals surface area contributed by atoms with Crippen LogP contribution in [0.15, 0.2) is 103 Å². The fourth-order valence-electron chi connectivity index (χ4n) is 3.31. The van der Waals surface area contributed by atoms with Crippen molar-refractivity contribution in [2.24, 2.45) is 0 Å². The maximum atomic E-state index is 4.66. The topological polar surface area (TPSA) is 30.7 Å². The minimum atomic E-state index is 0. The summed E-state index contributed by atoms with van der Waals surface area (Å²) in [5, 5.41) is 1.80. The molecule has 146 valence electrons. The molecule has 0 unspecified atom stereocenters. The quantitative estimate of drug-likeness (QED) is 0.233. The van der Waals surface area contributed by atoms with Crippen LogP contribution in [-0.2, 0) is 21.1 Å². The number of hydrogen-bond donors (Lipinski definition) is 0. The average Bonchev–Trinajstić information content (AvgIpc) is 2.78. The van der Waals surface area contributed by atoms with Gasteiger partial charge in [-0.3, -0.25) is 0 Å². The summed E-state index contributed by atoms with van der Waals surface area (Å²) in [5.74, 6) is 0. The van der Waals surface area contributed by atoms with Gasteiger partial charge in [-0.2, -0.15) is 0 Å². The molecule has 0 aliphatic heterocycles. The molecule has 0 saturated heterocycles. The van der Waals surface area contributed by atoms with Crippen molar-refractivity contribution in [2.75, 3.05) is 0 Å². The van der Waals surface area contributed by atoms with E-state index >= 15 is 0 Å². The number of nitrogens with zero attached hydrogens (tertiary/aromatic N) is 3. The van der Waals surface area contributed by atoms with Gasteiger partial charge in [-0.1, -0.05) is 30.3 Å². The molecule has 0 aliphatic carbocycles. The van der Waals surface area contributed by atoms with Crippen molar-refractivity contribution in [2.45, 2.75) is 0 Å². The monoisotopic (exact) mass is 566 g/mol. The Bertz CT molecular complexity index is 1320. The summed E-state index contributed by atoms with van der Waals surface area (Å²) >= 11 is 0. The molecule has 30 heavy (non-hydrogen) atoms. The van der Waals surface area contributed by atoms with E-state index in [-0.39, 0.29) is 21.1 Å². The molecule has 0 atom stereocenters. The van der Waals surface area contributed by atoms with Gasteiger partial charge in [0.25, 0.3) is 0 Å². The zero-order valence-electron chi connectivity index (χ0n) is 16.0. The van der Waals surface area contributed by atoms with Crippen LogP contribution < -0.4 is 0 Å². The molecule has 4 bridgehead atoms. The number of hydrogen-bond acceptors (Lipinski definition) is 2. The van der Waals surface area contributed by atoms with Crippen molar-refractivity contribution >= 4 is 32.8 Å². The van der Waals surface area contributed by atoms with E-state index in [9.17, 15) is 0 Å². The zero-order chi connectivity index (χ0) is 19.5. The second-order valence-corrected chi connectivity index (χ2v) is 6.66. The Hall–Kier alpha value is -3.29. The van der Waals surface area contributed by atoms with Crippen molar-refractivity contribution < 1.29 is 21.1 Å². The predicted octanol–water partition coefficient (Wildman–Crippen LogP) is 6.01. The van der Waals surface area contributed by atoms with Gasteiger partial charge in [0.1, 0.15) is 0 Å². The third kappa shape index (κ3) is 4.17. The van der Waals surface area contributed by atoms with Crippen LogP contribution in [0.2, 0.25) is 0 Å². The number of aromatic nitrogens is 3. The summed E-state index contributed by atoms with van der Waals surface area (Å²) in [7, 11) is 0. The van der Waals surface area contributed by atoms with Gasteiger partial charge in [0.15, 0.2) is 0 Å². The molecule has 4 heteroatoms. The number of benzene rings is 4. The Morgan fingerprint density at radius 1 is 0.533 bits per heavy atom. The minimum absolute atomic E-state index is 0. The van der Waals surface area contributed by atoms with E-state index in [4.69, 9.17) is 0 Å². The van der Waals surface area contributed by atoms with E-state index in [0.717, 1.165) is 38.5 Å². The molecule has 0 saturated carbocycles. The van der Waals surface area contributed by atoms with Gasteiger partial charge in [-0.25, -0.2) is 0 Å². The smallest absolute Gasteiger partial charge is 0.346 e. The molecule has 1 heterocycles. The van der Waals surface area contributed by atoms with Gasteiger partial charge < -0.3 is 14.5 Å². The summed E-state index contributed by atoms with van der Waals surface area (Å²) in [6.07, 6.45) is 3.66. The van der Waals surface area contributed by atoms with E-state index in [1.165, 1.54) is 0 Å². The summed E-state index contributed by atoms with van der Waals surface area (Å²) in [6.45, 7) is 0. The molecular formula is C26H17N3Pt. The third-order valence-electron chi connectivity index (χ3n) is 4.67. The largest absolute Gasteiger partial charge is 2.00 e. The first-order valence-electron chi connectivity index (χ1n) is 9.44. The van der Waals surface area contributed by atoms with Crippen LogP contribution in [0.4, 0.5) is 0 Å². The van der Waals surface area contributed by atoms with Crippen molar-refractivity contribution in [1.82, 2.24) is 14.5 Å². The first-order chi connectivity index (χ1) is 14.4. The van der Waals surface area contributed by atoms with Gasteiger partial charge in [-0.05, 0) is 47.7 Å². The van der Waals surface area contributed by atoms with Crippen molar-refractivity contribution in [1.29, 1.82) is 0 Å². The zero-order valence-corrected chi connectivity index (χ0v) is 18.2. The van der Waals surface area contributed by atoms with Crippen LogP contribution in [-0.4, -0.2) is 14.5 Å². The molecule has 0 radical (unpaired) electrons. The van der Waals surface area contributed by atoms with E-state index in [2.05, 4.69) is 38.8 Å². The molecule has 3 nitrogen and oxygen atoms in total. The van der Waals surface area contributed by atoms with Crippen molar-refractivity contribution in [3.05, 3.63) is 116 Å². The van der Waals surface area contributed by atoms with Crippen LogP contribution in [0.3, 0.4) is 0 Å². The summed E-state index contributed by atoms with van der Waals surface area (Å²) in [5.41, 5.74) is 4.54. The summed E-state index contributed by atoms with van der Waals surface area (Å²) < 4.78 is 2.14. The second-order valence-electron chi connectivity index (χ2n) is 6.66. The van der Waals surface area contributed by atoms with Gasteiger partial charge >= 0.3 is 21.1 Å². The maximum absolute atomic E-state index is 4.66. The van der Waals surface area contributed by atoms with Crippen LogP contribution >= 0.6 is 0 Å². The first-order valence-corrected chi connectivity index (χ1v) is 9.44. The van der Waals surface area contributed by atoms with Gasteiger partial charge in [0.05, 0.1) is 11.0 Å².